The molecule has 0 aromatic carbocycles. The Morgan fingerprint density at radius 2 is 1.83 bits per heavy atom. The molecule has 1 rings (SSSR count). The van der Waals surface area contributed by atoms with E-state index in [0.29, 0.717) is 0 Å². The topological polar surface area (TPSA) is 32.4 Å². The average Bonchev–Trinajstić information content (AvgIpc) is 2.39. The molecule has 107 valence electrons. The van der Waals surface area contributed by atoms with Crippen molar-refractivity contribution in [2.75, 3.05) is 6.61 Å². The zero-order valence-electron chi connectivity index (χ0n) is 13.0. The quantitative estimate of drug-likeness (QED) is 0.749. The summed E-state index contributed by atoms with van der Waals surface area (Å²) in [6.45, 7) is 13.5. The third kappa shape index (κ3) is 2.59. The fourth-order valence-corrected chi connectivity index (χ4v) is 3.12. The average molecular weight is 256 g/mol. The first kappa shape index (κ1) is 15.9. The Morgan fingerprint density at radius 3 is 2.28 bits per heavy atom. The summed E-state index contributed by atoms with van der Waals surface area (Å²) in [7, 11) is 0. The summed E-state index contributed by atoms with van der Waals surface area (Å²) in [4.78, 5) is 0. The molecule has 1 saturated heterocycles. The Hall–Kier alpha value is -0.120. The minimum atomic E-state index is -0.304. The van der Waals surface area contributed by atoms with Crippen molar-refractivity contribution in [2.45, 2.75) is 84.4 Å². The van der Waals surface area contributed by atoms with Crippen molar-refractivity contribution < 1.29 is 9.94 Å². The van der Waals surface area contributed by atoms with Gasteiger partial charge in [-0.05, 0) is 39.5 Å². The molecule has 0 bridgehead atoms. The van der Waals surface area contributed by atoms with Gasteiger partial charge >= 0.3 is 0 Å². The minimum absolute atomic E-state index is 0.213. The molecule has 0 aliphatic carbocycles. The monoisotopic (exact) mass is 256 g/mol. The van der Waals surface area contributed by atoms with E-state index < -0.39 is 0 Å². The molecule has 1 aliphatic heterocycles. The van der Waals surface area contributed by atoms with E-state index in [2.05, 4.69) is 41.5 Å². The van der Waals surface area contributed by atoms with Gasteiger partial charge in [0.15, 0.2) is 0 Å². The molecule has 1 heterocycles. The van der Waals surface area contributed by atoms with E-state index >= 15 is 0 Å². The van der Waals surface area contributed by atoms with Crippen LogP contribution in [0, 0.1) is 5.92 Å². The van der Waals surface area contributed by atoms with Gasteiger partial charge < -0.3 is 4.74 Å². The van der Waals surface area contributed by atoms with Crippen molar-refractivity contribution in [2.24, 2.45) is 5.92 Å². The normalized spacial score (nSPS) is 42.2. The van der Waals surface area contributed by atoms with Gasteiger partial charge in [-0.15, -0.1) is 10.3 Å². The molecule has 3 nitrogen and oxygen atoms in total. The van der Waals surface area contributed by atoms with Crippen molar-refractivity contribution in [3.05, 3.63) is 0 Å². The van der Waals surface area contributed by atoms with Crippen LogP contribution in [0.4, 0.5) is 0 Å². The van der Waals surface area contributed by atoms with Crippen molar-refractivity contribution in [3.63, 3.8) is 0 Å². The first-order valence-electron chi connectivity index (χ1n) is 7.44. The number of rotatable bonds is 5. The molecule has 4 unspecified atom stereocenters. The van der Waals surface area contributed by atoms with Crippen LogP contribution in [0.15, 0.2) is 0 Å². The van der Waals surface area contributed by atoms with Gasteiger partial charge in [-0.3, -0.25) is 0 Å². The van der Waals surface area contributed by atoms with Crippen LogP contribution < -0.4 is 0 Å². The molecule has 0 aromatic heterocycles. The molecule has 3 heteroatoms. The second-order valence-electron chi connectivity index (χ2n) is 6.26. The summed E-state index contributed by atoms with van der Waals surface area (Å²) in [5, 5.41) is 14.1. The lowest BCUT2D eigenvalue weighted by Gasteiger charge is -2.56. The van der Waals surface area contributed by atoms with E-state index in [0.717, 1.165) is 32.3 Å². The van der Waals surface area contributed by atoms with E-state index in [1.165, 1.54) is 5.06 Å². The van der Waals surface area contributed by atoms with Crippen LogP contribution >= 0.6 is 0 Å². The highest BCUT2D eigenvalue weighted by atomic mass is 16.5. The summed E-state index contributed by atoms with van der Waals surface area (Å²) in [6, 6.07) is 0. The van der Waals surface area contributed by atoms with Gasteiger partial charge in [-0.2, -0.15) is 0 Å². The number of ether oxygens (including phenoxy) is 1. The van der Waals surface area contributed by atoms with Crippen LogP contribution in [0.1, 0.15) is 67.2 Å². The molecular weight excluding hydrogens is 226 g/mol. The van der Waals surface area contributed by atoms with Gasteiger partial charge in [0.2, 0.25) is 0 Å². The number of hydroxylamine groups is 2. The number of piperidine rings is 1. The maximum absolute atomic E-state index is 12.7. The number of hydrogen-bond acceptors (Lipinski definition) is 2. The van der Waals surface area contributed by atoms with Crippen LogP contribution in [0.2, 0.25) is 0 Å². The first-order chi connectivity index (χ1) is 8.35. The van der Waals surface area contributed by atoms with E-state index in [4.69, 9.17) is 4.74 Å². The van der Waals surface area contributed by atoms with Crippen LogP contribution in [-0.2, 0) is 9.94 Å². The highest BCUT2D eigenvalue weighted by molar-refractivity contribution is 5.03. The maximum Gasteiger partial charge on any atom is 0.0637 e. The van der Waals surface area contributed by atoms with Crippen molar-refractivity contribution in [3.8, 4) is 0 Å². The predicted octanol–water partition coefficient (Wildman–Crippen LogP) is 3.81. The molecule has 18 heavy (non-hydrogen) atoms. The van der Waals surface area contributed by atoms with Crippen LogP contribution in [0.25, 0.3) is 0 Å². The zero-order chi connectivity index (χ0) is 14.0. The molecule has 0 spiro atoms. The highest BCUT2D eigenvalue weighted by Gasteiger charge is 2.53. The molecule has 1 fully saturated rings. The SMILES string of the molecule is CCCOC1CC(C)(CC)N([O])C(C)(CC)C1C. The first-order valence-corrected chi connectivity index (χ1v) is 7.44. The highest BCUT2D eigenvalue weighted by Crippen LogP contribution is 2.45. The molecule has 1 aliphatic rings. The Balaban J connectivity index is 2.97. The minimum Gasteiger partial charge on any atom is -0.378 e. The second kappa shape index (κ2) is 5.89. The molecule has 0 aromatic rings. The predicted molar refractivity (Wildman–Crippen MR) is 73.7 cm³/mol. The number of hydrogen-bond donors (Lipinski definition) is 0. The lowest BCUT2D eigenvalue weighted by molar-refractivity contribution is -0.327. The van der Waals surface area contributed by atoms with E-state index in [1.54, 1.807) is 0 Å². The third-order valence-corrected chi connectivity index (χ3v) is 5.15. The van der Waals surface area contributed by atoms with Gasteiger partial charge in [-0.1, -0.05) is 27.7 Å². The standard InChI is InChI=1S/C15H30NO2/c1-7-10-18-13-11-14(5,8-2)16(17)15(6,9-3)12(13)4/h12-13H,7-11H2,1-6H3. The molecule has 0 saturated carbocycles. The molecule has 0 amide bonds. The van der Waals surface area contributed by atoms with Gasteiger partial charge in [0.1, 0.15) is 0 Å². The third-order valence-electron chi connectivity index (χ3n) is 5.15. The van der Waals surface area contributed by atoms with Gasteiger partial charge in [0.25, 0.3) is 0 Å². The van der Waals surface area contributed by atoms with Crippen LogP contribution in [0.5, 0.6) is 0 Å². The van der Waals surface area contributed by atoms with E-state index in [9.17, 15) is 5.21 Å². The largest absolute Gasteiger partial charge is 0.378 e. The molecular formula is C15H30NO2. The summed E-state index contributed by atoms with van der Waals surface area (Å²) < 4.78 is 6.02. The van der Waals surface area contributed by atoms with Crippen LogP contribution in [0.3, 0.4) is 0 Å². The van der Waals surface area contributed by atoms with Gasteiger partial charge in [-0.25, -0.2) is 0 Å². The summed E-state index contributed by atoms with van der Waals surface area (Å²) in [6.07, 6.45) is 3.86. The lowest BCUT2D eigenvalue weighted by atomic mass is 9.69. The number of nitrogens with zero attached hydrogens (tertiary/aromatic N) is 1. The maximum atomic E-state index is 12.7. The lowest BCUT2D eigenvalue weighted by Crippen LogP contribution is -2.66. The van der Waals surface area contributed by atoms with E-state index in [-0.39, 0.29) is 23.1 Å². The second-order valence-corrected chi connectivity index (χ2v) is 6.26. The van der Waals surface area contributed by atoms with Crippen molar-refractivity contribution >= 4 is 0 Å². The Bertz CT molecular complexity index is 271. The smallest absolute Gasteiger partial charge is 0.0637 e. The van der Waals surface area contributed by atoms with Gasteiger partial charge in [0, 0.05) is 18.1 Å². The molecule has 0 N–H and O–H groups in total. The van der Waals surface area contributed by atoms with Gasteiger partial charge in [0.05, 0.1) is 11.6 Å². The zero-order valence-corrected chi connectivity index (χ0v) is 13.0. The summed E-state index contributed by atoms with van der Waals surface area (Å²) in [5.41, 5.74) is -0.586. The molecule has 4 atom stereocenters. The fraction of sp³-hybridized carbons (Fsp3) is 1.00. The van der Waals surface area contributed by atoms with E-state index in [1.807, 2.05) is 0 Å². The Kier molecular flexibility index (Phi) is 5.22. The van der Waals surface area contributed by atoms with Crippen molar-refractivity contribution in [1.82, 2.24) is 5.06 Å². The van der Waals surface area contributed by atoms with Crippen molar-refractivity contribution in [1.29, 1.82) is 0 Å². The summed E-state index contributed by atoms with van der Waals surface area (Å²) >= 11 is 0. The molecule has 1 radical (unpaired) electrons. The Labute approximate surface area is 112 Å². The fourth-order valence-electron chi connectivity index (χ4n) is 3.12. The Morgan fingerprint density at radius 1 is 1.22 bits per heavy atom. The van der Waals surface area contributed by atoms with Crippen LogP contribution in [-0.4, -0.2) is 28.9 Å². The summed E-state index contributed by atoms with van der Waals surface area (Å²) in [5.74, 6) is 0.283.